The number of nitrogens with zero attached hydrogens (tertiary/aromatic N) is 1. The number of carbonyl (C=O) groups excluding carboxylic acids is 1. The molecule has 49 heavy (non-hydrogen) atoms. The molecule has 9 nitrogen and oxygen atoms in total. The molecule has 1 aliphatic heterocycles. The maximum Gasteiger partial charge on any atom is 0.373 e. The van der Waals surface area contributed by atoms with E-state index in [0.29, 0.717) is 11.6 Å². The molecule has 3 N–H and O–H groups in total. The Labute approximate surface area is 296 Å². The van der Waals surface area contributed by atoms with Crippen LogP contribution in [0.5, 0.6) is 0 Å². The fourth-order valence-electron chi connectivity index (χ4n) is 6.40. The van der Waals surface area contributed by atoms with E-state index >= 15 is 0 Å². The van der Waals surface area contributed by atoms with Gasteiger partial charge in [-0.15, -0.1) is 0 Å². The van der Waals surface area contributed by atoms with Gasteiger partial charge in [0.2, 0.25) is 5.76 Å². The number of ether oxygens (including phenoxy) is 3. The molecule has 0 aromatic heterocycles. The number of oxime groups is 1. The van der Waals surface area contributed by atoms with Crippen molar-refractivity contribution in [3.63, 3.8) is 0 Å². The van der Waals surface area contributed by atoms with Gasteiger partial charge in [-0.1, -0.05) is 107 Å². The van der Waals surface area contributed by atoms with Gasteiger partial charge in [0.15, 0.2) is 0 Å². The summed E-state index contributed by atoms with van der Waals surface area (Å²) in [5.74, 6) is -1.74. The molecular formula is C40H65NO8. The van der Waals surface area contributed by atoms with Crippen LogP contribution in [0.15, 0.2) is 76.7 Å². The summed E-state index contributed by atoms with van der Waals surface area (Å²) in [5.41, 5.74) is 2.39. The first kappa shape index (κ1) is 44.0. The van der Waals surface area contributed by atoms with Crippen molar-refractivity contribution >= 4 is 11.7 Å². The number of rotatable bonds is 12. The summed E-state index contributed by atoms with van der Waals surface area (Å²) in [6.45, 7) is 17.6. The highest BCUT2D eigenvalue weighted by Gasteiger charge is 2.38. The van der Waals surface area contributed by atoms with E-state index in [9.17, 15) is 20.1 Å². The van der Waals surface area contributed by atoms with Gasteiger partial charge in [-0.25, -0.2) is 4.79 Å². The zero-order chi connectivity index (χ0) is 37.3. The molecule has 1 heterocycles. The minimum Gasteiger partial charge on any atom is -0.490 e. The van der Waals surface area contributed by atoms with Crippen LogP contribution in [-0.2, 0) is 23.8 Å². The van der Waals surface area contributed by atoms with Crippen LogP contribution in [-0.4, -0.2) is 78.8 Å². The number of hydrogen-bond donors (Lipinski definition) is 3. The zero-order valence-electron chi connectivity index (χ0n) is 32.0. The molecule has 11 atom stereocenters. The zero-order valence-corrected chi connectivity index (χ0v) is 32.0. The number of aliphatic hydroxyl groups excluding tert-OH is 3. The maximum atomic E-state index is 13.7. The molecular weight excluding hydrogens is 622 g/mol. The van der Waals surface area contributed by atoms with E-state index in [1.54, 1.807) is 38.3 Å². The number of cyclic esters (lactones) is 1. The highest BCUT2D eigenvalue weighted by molar-refractivity contribution is 5.96. The highest BCUT2D eigenvalue weighted by Crippen LogP contribution is 2.30. The summed E-state index contributed by atoms with van der Waals surface area (Å²) in [6.07, 6.45) is 15.1. The van der Waals surface area contributed by atoms with Gasteiger partial charge in [0.1, 0.15) is 19.3 Å². The average molecular weight is 688 g/mol. The highest BCUT2D eigenvalue weighted by atomic mass is 16.6. The van der Waals surface area contributed by atoms with Crippen LogP contribution in [0.25, 0.3) is 0 Å². The van der Waals surface area contributed by atoms with E-state index in [2.05, 4.69) is 25.9 Å². The molecule has 0 saturated heterocycles. The van der Waals surface area contributed by atoms with Crippen molar-refractivity contribution in [1.82, 2.24) is 0 Å². The van der Waals surface area contributed by atoms with Crippen LogP contribution >= 0.6 is 0 Å². The Morgan fingerprint density at radius 3 is 2.37 bits per heavy atom. The predicted octanol–water partition coefficient (Wildman–Crippen LogP) is 7.11. The van der Waals surface area contributed by atoms with Crippen molar-refractivity contribution in [3.8, 4) is 0 Å². The van der Waals surface area contributed by atoms with Crippen molar-refractivity contribution in [2.75, 3.05) is 21.3 Å². The van der Waals surface area contributed by atoms with Crippen molar-refractivity contribution in [3.05, 3.63) is 71.6 Å². The molecule has 0 aliphatic carbocycles. The topological polar surface area (TPSA) is 127 Å². The Morgan fingerprint density at radius 2 is 1.80 bits per heavy atom. The van der Waals surface area contributed by atoms with E-state index in [1.165, 1.54) is 19.8 Å². The van der Waals surface area contributed by atoms with E-state index in [-0.39, 0.29) is 23.5 Å². The van der Waals surface area contributed by atoms with Gasteiger partial charge in [0.05, 0.1) is 31.1 Å². The molecule has 0 bridgehead atoms. The standard InChI is InChI=1S/C40H65NO8/c1-13-16-34(42)28(6)19-20-33(41-48-12)30(8)38(44)31(9)39-35(46-10)18-15-17-25(3)21-26(4)23-32(14-2)37(43)29(7)22-27(5)24-36(47-11)40(45)49-39/h13,15-20,22,24,26,28-32,34-35,37-39,42-44H,14,21,23H2,1-12H3/b16-13+,18-15+,20-19+,25-17+,27-22+,36-24-,41-33+. The first-order chi connectivity index (χ1) is 23.1. The Bertz CT molecular complexity index is 1210. The lowest BCUT2D eigenvalue weighted by Crippen LogP contribution is -2.45. The Hall–Kier alpha value is -2.98. The van der Waals surface area contributed by atoms with E-state index in [4.69, 9.17) is 19.0 Å². The lowest BCUT2D eigenvalue weighted by atomic mass is 9.81. The fraction of sp³-hybridized carbons (Fsp3) is 0.650. The molecule has 1 aliphatic rings. The summed E-state index contributed by atoms with van der Waals surface area (Å²) in [4.78, 5) is 18.8. The normalized spacial score (nSPS) is 32.6. The maximum absolute atomic E-state index is 13.7. The van der Waals surface area contributed by atoms with Crippen molar-refractivity contribution in [2.45, 2.75) is 112 Å². The monoisotopic (exact) mass is 687 g/mol. The molecule has 0 aromatic carbocycles. The molecule has 0 fully saturated rings. The van der Waals surface area contributed by atoms with E-state index in [1.807, 2.05) is 65.0 Å². The minimum atomic E-state index is -1.04. The van der Waals surface area contributed by atoms with E-state index < -0.39 is 48.3 Å². The lowest BCUT2D eigenvalue weighted by molar-refractivity contribution is -0.161. The molecule has 1 rings (SSSR count). The number of aliphatic hydroxyl groups is 3. The van der Waals surface area contributed by atoms with Crippen LogP contribution in [0.4, 0.5) is 0 Å². The first-order valence-electron chi connectivity index (χ1n) is 17.6. The number of hydrogen-bond acceptors (Lipinski definition) is 9. The van der Waals surface area contributed by atoms with Crippen LogP contribution in [0, 0.1) is 35.5 Å². The number of methoxy groups -OCH3 is 2. The largest absolute Gasteiger partial charge is 0.490 e. The van der Waals surface area contributed by atoms with Crippen LogP contribution in [0.2, 0.25) is 0 Å². The second-order valence-corrected chi connectivity index (χ2v) is 13.7. The third kappa shape index (κ3) is 14.4. The summed E-state index contributed by atoms with van der Waals surface area (Å²) >= 11 is 0. The molecule has 11 unspecified atom stereocenters. The summed E-state index contributed by atoms with van der Waals surface area (Å²) in [7, 11) is 4.38. The smallest absolute Gasteiger partial charge is 0.373 e. The Kier molecular flexibility index (Phi) is 20.4. The molecule has 0 amide bonds. The van der Waals surface area contributed by atoms with E-state index in [0.717, 1.165) is 24.8 Å². The summed E-state index contributed by atoms with van der Waals surface area (Å²) in [6, 6.07) is 0. The minimum absolute atomic E-state index is 0.00947. The third-order valence-corrected chi connectivity index (χ3v) is 9.48. The van der Waals surface area contributed by atoms with Gasteiger partial charge < -0.3 is 34.4 Å². The average Bonchev–Trinajstić information content (AvgIpc) is 3.06. The van der Waals surface area contributed by atoms with Gasteiger partial charge in [0.25, 0.3) is 0 Å². The SMILES string of the molecule is C/C=C/C(O)C(C)/C=C/C(=N\OC)C(C)C(O)C(C)C1OC(=O)/C(OC)=C/C(C)=C/C(C)C(O)C(CC)CC(C)C/C(C)=C/C=C/C1OC. The van der Waals surface area contributed by atoms with Crippen molar-refractivity contribution < 1.29 is 39.2 Å². The molecule has 9 heteroatoms. The van der Waals surface area contributed by atoms with Crippen LogP contribution in [0.3, 0.4) is 0 Å². The van der Waals surface area contributed by atoms with Crippen LogP contribution < -0.4 is 0 Å². The predicted molar refractivity (Wildman–Crippen MR) is 198 cm³/mol. The first-order valence-corrected chi connectivity index (χ1v) is 17.6. The van der Waals surface area contributed by atoms with Gasteiger partial charge in [-0.05, 0) is 57.6 Å². The van der Waals surface area contributed by atoms with Gasteiger partial charge in [-0.3, -0.25) is 0 Å². The molecule has 0 spiro atoms. The summed E-state index contributed by atoms with van der Waals surface area (Å²) < 4.78 is 17.5. The Balaban J connectivity index is 3.64. The third-order valence-electron chi connectivity index (χ3n) is 9.48. The van der Waals surface area contributed by atoms with Crippen molar-refractivity contribution in [2.24, 2.45) is 40.7 Å². The molecule has 0 saturated carbocycles. The van der Waals surface area contributed by atoms with Gasteiger partial charge in [0, 0.05) is 30.8 Å². The van der Waals surface area contributed by atoms with Gasteiger partial charge >= 0.3 is 5.97 Å². The number of esters is 1. The van der Waals surface area contributed by atoms with Gasteiger partial charge in [-0.2, -0.15) is 0 Å². The quantitative estimate of drug-likeness (QED) is 0.0858. The Morgan fingerprint density at radius 1 is 1.12 bits per heavy atom. The fourth-order valence-corrected chi connectivity index (χ4v) is 6.40. The number of allylic oxidation sites excluding steroid dienone is 7. The molecule has 0 radical (unpaired) electrons. The second kappa shape index (κ2) is 22.7. The molecule has 278 valence electrons. The van der Waals surface area contributed by atoms with Crippen LogP contribution in [0.1, 0.15) is 81.6 Å². The molecule has 0 aromatic rings. The lowest BCUT2D eigenvalue weighted by Gasteiger charge is -2.34. The number of carbonyl (C=O) groups is 1. The van der Waals surface area contributed by atoms with Crippen molar-refractivity contribution in [1.29, 1.82) is 0 Å². The summed E-state index contributed by atoms with van der Waals surface area (Å²) in [5, 5.41) is 37.5. The second-order valence-electron chi connectivity index (χ2n) is 13.7.